The molecule has 0 fully saturated rings. The Bertz CT molecular complexity index is 1620. The molecule has 4 aromatic rings. The molecule has 0 saturated carbocycles. The van der Waals surface area contributed by atoms with Crippen LogP contribution in [0.2, 0.25) is 0 Å². The van der Waals surface area contributed by atoms with Crippen molar-refractivity contribution in [3.05, 3.63) is 90.1 Å². The van der Waals surface area contributed by atoms with E-state index < -0.39 is 41.9 Å². The first-order chi connectivity index (χ1) is 22.2. The Morgan fingerprint density at radius 1 is 0.870 bits per heavy atom. The van der Waals surface area contributed by atoms with Crippen molar-refractivity contribution < 1.29 is 19.2 Å². The van der Waals surface area contributed by atoms with E-state index in [1.165, 1.54) is 6.33 Å². The second kappa shape index (κ2) is 16.5. The number of rotatable bonds is 17. The molecule has 4 rings (SSSR count). The first kappa shape index (κ1) is 33.4. The number of amides is 3. The van der Waals surface area contributed by atoms with Gasteiger partial charge in [0, 0.05) is 54.8 Å². The number of aldehydes is 1. The van der Waals surface area contributed by atoms with E-state index in [0.717, 1.165) is 22.0 Å². The zero-order valence-electron chi connectivity index (χ0n) is 25.3. The van der Waals surface area contributed by atoms with Gasteiger partial charge in [0.15, 0.2) is 5.96 Å². The number of benzene rings is 2. The van der Waals surface area contributed by atoms with Crippen molar-refractivity contribution in [3.63, 3.8) is 0 Å². The number of aromatic nitrogens is 3. The quantitative estimate of drug-likeness (QED) is 0.0340. The van der Waals surface area contributed by atoms with Crippen molar-refractivity contribution in [2.24, 2.45) is 22.2 Å². The molecule has 0 radical (unpaired) electrons. The largest absolute Gasteiger partial charge is 0.370 e. The molecule has 2 aromatic heterocycles. The number of nitrogens with two attached hydrogens (primary N) is 3. The number of para-hydroxylation sites is 1. The van der Waals surface area contributed by atoms with Gasteiger partial charge in [-0.25, -0.2) is 4.98 Å². The summed E-state index contributed by atoms with van der Waals surface area (Å²) < 4.78 is 0. The Balaban J connectivity index is 1.49. The van der Waals surface area contributed by atoms with Crippen LogP contribution >= 0.6 is 0 Å². The number of aliphatic imine (C=N–C) groups is 1. The van der Waals surface area contributed by atoms with E-state index in [0.29, 0.717) is 18.4 Å². The topological polar surface area (TPSA) is 239 Å². The molecule has 0 aliphatic heterocycles. The number of imidazole rings is 1. The van der Waals surface area contributed by atoms with E-state index >= 15 is 0 Å². The van der Waals surface area contributed by atoms with Crippen molar-refractivity contribution in [1.82, 2.24) is 30.9 Å². The normalized spacial score (nSPS) is 13.6. The van der Waals surface area contributed by atoms with Crippen LogP contribution in [0.25, 0.3) is 10.9 Å². The molecular formula is C32H40N10O4. The SMILES string of the molecule is NC(N)=NCCC[C@H](NC(=O)[C@@H](Cc1ccccc1)NC(=O)[C@@H](N)Cc1cnc[nH]1)C(=O)N[C@H](C=O)Cc1c[nH]c2ccccc12. The van der Waals surface area contributed by atoms with Gasteiger partial charge in [0.05, 0.1) is 18.4 Å². The lowest BCUT2D eigenvalue weighted by Crippen LogP contribution is -2.57. The fraction of sp³-hybridized carbons (Fsp3) is 0.312. The molecule has 0 aliphatic rings. The Kier molecular flexibility index (Phi) is 12.0. The number of hydrogen-bond donors (Lipinski definition) is 8. The zero-order valence-corrected chi connectivity index (χ0v) is 25.3. The summed E-state index contributed by atoms with van der Waals surface area (Å²) in [5.74, 6) is -1.79. The van der Waals surface area contributed by atoms with E-state index in [1.807, 2.05) is 54.6 Å². The summed E-state index contributed by atoms with van der Waals surface area (Å²) >= 11 is 0. The number of fused-ring (bicyclic) bond motifs is 1. The number of nitrogens with one attached hydrogen (secondary N) is 5. The van der Waals surface area contributed by atoms with Crippen LogP contribution < -0.4 is 33.2 Å². The van der Waals surface area contributed by atoms with Gasteiger partial charge >= 0.3 is 0 Å². The average Bonchev–Trinajstić information content (AvgIpc) is 3.72. The maximum atomic E-state index is 13.7. The zero-order chi connectivity index (χ0) is 32.9. The third kappa shape index (κ3) is 9.75. The average molecular weight is 629 g/mol. The highest BCUT2D eigenvalue weighted by Crippen LogP contribution is 2.19. The minimum Gasteiger partial charge on any atom is -0.370 e. The predicted molar refractivity (Wildman–Crippen MR) is 174 cm³/mol. The molecule has 3 amide bonds. The van der Waals surface area contributed by atoms with Crippen LogP contribution in [-0.4, -0.2) is 75.6 Å². The Morgan fingerprint density at radius 2 is 1.59 bits per heavy atom. The lowest BCUT2D eigenvalue weighted by Gasteiger charge is -2.25. The van der Waals surface area contributed by atoms with Gasteiger partial charge < -0.3 is 47.9 Å². The van der Waals surface area contributed by atoms with Gasteiger partial charge in [0.2, 0.25) is 17.7 Å². The number of aromatic amines is 2. The summed E-state index contributed by atoms with van der Waals surface area (Å²) in [6.07, 6.45) is 6.62. The standard InChI is InChI=1S/C32H40N10O4/c33-25(15-22-17-36-19-39-22)29(44)42-28(13-20-7-2-1-3-8-20)31(46)41-27(11-6-12-37-32(34)35)30(45)40-23(18-43)14-21-16-38-26-10-5-4-9-24(21)26/h1-5,7-10,16-19,23,25,27-28,38H,6,11-15,33H2,(H,36,39)(H,40,45)(H,41,46)(H,42,44)(H4,34,35,37)/t23-,25-,27-,28+/m0/s1. The van der Waals surface area contributed by atoms with Gasteiger partial charge in [0.1, 0.15) is 18.4 Å². The van der Waals surface area contributed by atoms with Gasteiger partial charge in [-0.2, -0.15) is 0 Å². The van der Waals surface area contributed by atoms with Gasteiger partial charge in [0.25, 0.3) is 0 Å². The lowest BCUT2D eigenvalue weighted by molar-refractivity contribution is -0.133. The van der Waals surface area contributed by atoms with Crippen LogP contribution in [0.15, 0.2) is 78.3 Å². The highest BCUT2D eigenvalue weighted by molar-refractivity contribution is 5.94. The van der Waals surface area contributed by atoms with Crippen LogP contribution in [0.1, 0.15) is 29.7 Å². The maximum absolute atomic E-state index is 13.7. The van der Waals surface area contributed by atoms with Crippen LogP contribution in [0.5, 0.6) is 0 Å². The number of guanidine groups is 1. The number of H-pyrrole nitrogens is 2. The number of hydrogen-bond acceptors (Lipinski definition) is 7. The maximum Gasteiger partial charge on any atom is 0.243 e. The number of carbonyl (C=O) groups is 4. The van der Waals surface area contributed by atoms with Crippen molar-refractivity contribution in [1.29, 1.82) is 0 Å². The summed E-state index contributed by atoms with van der Waals surface area (Å²) in [6.45, 7) is 0.223. The Labute approximate surface area is 266 Å². The summed E-state index contributed by atoms with van der Waals surface area (Å²) in [5.41, 5.74) is 20.3. The molecule has 0 unspecified atom stereocenters. The molecule has 0 spiro atoms. The first-order valence-electron chi connectivity index (χ1n) is 15.0. The second-order valence-corrected chi connectivity index (χ2v) is 11.0. The van der Waals surface area contributed by atoms with Crippen LogP contribution in [0.4, 0.5) is 0 Å². The molecule has 14 nitrogen and oxygen atoms in total. The minimum atomic E-state index is -1.05. The monoisotopic (exact) mass is 628 g/mol. The molecule has 0 saturated heterocycles. The van der Waals surface area contributed by atoms with Gasteiger partial charge in [-0.15, -0.1) is 0 Å². The van der Waals surface area contributed by atoms with Gasteiger partial charge in [-0.3, -0.25) is 19.4 Å². The lowest BCUT2D eigenvalue weighted by atomic mass is 10.0. The summed E-state index contributed by atoms with van der Waals surface area (Å²) in [7, 11) is 0. The summed E-state index contributed by atoms with van der Waals surface area (Å²) in [6, 6.07) is 12.9. The summed E-state index contributed by atoms with van der Waals surface area (Å²) in [4.78, 5) is 66.4. The molecular weight excluding hydrogens is 588 g/mol. The van der Waals surface area contributed by atoms with Crippen LogP contribution in [0, 0.1) is 0 Å². The van der Waals surface area contributed by atoms with E-state index in [4.69, 9.17) is 17.2 Å². The molecule has 4 atom stereocenters. The summed E-state index contributed by atoms with van der Waals surface area (Å²) in [5, 5.41) is 9.22. The fourth-order valence-corrected chi connectivity index (χ4v) is 5.06. The van der Waals surface area contributed by atoms with Gasteiger partial charge in [-0.05, 0) is 30.0 Å². The van der Waals surface area contributed by atoms with E-state index in [-0.39, 0.29) is 38.2 Å². The molecule has 14 heteroatoms. The Morgan fingerprint density at radius 3 is 2.30 bits per heavy atom. The smallest absolute Gasteiger partial charge is 0.243 e. The van der Waals surface area contributed by atoms with Crippen molar-refractivity contribution in [2.45, 2.75) is 56.3 Å². The second-order valence-electron chi connectivity index (χ2n) is 11.0. The third-order valence-corrected chi connectivity index (χ3v) is 7.43. The highest BCUT2D eigenvalue weighted by Gasteiger charge is 2.29. The molecule has 0 aliphatic carbocycles. The highest BCUT2D eigenvalue weighted by atomic mass is 16.2. The third-order valence-electron chi connectivity index (χ3n) is 7.43. The minimum absolute atomic E-state index is 0.0955. The predicted octanol–water partition coefficient (Wildman–Crippen LogP) is -0.0469. The van der Waals surface area contributed by atoms with E-state index in [9.17, 15) is 19.2 Å². The molecule has 0 bridgehead atoms. The Hall–Kier alpha value is -5.50. The van der Waals surface area contributed by atoms with E-state index in [2.05, 4.69) is 35.9 Å². The van der Waals surface area contributed by atoms with Crippen LogP contribution in [-0.2, 0) is 38.4 Å². The molecule has 2 heterocycles. The van der Waals surface area contributed by atoms with Crippen molar-refractivity contribution >= 4 is 40.9 Å². The molecule has 242 valence electrons. The molecule has 11 N–H and O–H groups in total. The fourth-order valence-electron chi connectivity index (χ4n) is 5.06. The number of nitrogens with zero attached hydrogens (tertiary/aromatic N) is 2. The molecule has 46 heavy (non-hydrogen) atoms. The molecule has 2 aromatic carbocycles. The van der Waals surface area contributed by atoms with Crippen molar-refractivity contribution in [2.75, 3.05) is 6.54 Å². The van der Waals surface area contributed by atoms with Gasteiger partial charge in [-0.1, -0.05) is 48.5 Å². The van der Waals surface area contributed by atoms with Crippen LogP contribution in [0.3, 0.4) is 0 Å². The van der Waals surface area contributed by atoms with Crippen molar-refractivity contribution in [3.8, 4) is 0 Å². The first-order valence-corrected chi connectivity index (χ1v) is 15.0. The number of carbonyl (C=O) groups excluding carboxylic acids is 4. The van der Waals surface area contributed by atoms with E-state index in [1.54, 1.807) is 12.4 Å².